The van der Waals surface area contributed by atoms with Crippen molar-refractivity contribution in [3.05, 3.63) is 51.0 Å². The number of nitrogens with one attached hydrogen (secondary N) is 1. The van der Waals surface area contributed by atoms with Crippen molar-refractivity contribution < 1.29 is 9.13 Å². The molecule has 0 fully saturated rings. The summed E-state index contributed by atoms with van der Waals surface area (Å²) >= 11 is 1.78. The zero-order chi connectivity index (χ0) is 14.5. The van der Waals surface area contributed by atoms with Gasteiger partial charge in [0.2, 0.25) is 0 Å². The van der Waals surface area contributed by atoms with E-state index in [0.717, 1.165) is 18.7 Å². The molecule has 0 spiro atoms. The van der Waals surface area contributed by atoms with Crippen LogP contribution in [0.2, 0.25) is 0 Å². The van der Waals surface area contributed by atoms with Crippen LogP contribution in [0.25, 0.3) is 0 Å². The molecule has 1 N–H and O–H groups in total. The maximum Gasteiger partial charge on any atom is 0.126 e. The van der Waals surface area contributed by atoms with Crippen molar-refractivity contribution in [2.75, 3.05) is 6.54 Å². The van der Waals surface area contributed by atoms with Gasteiger partial charge in [0.1, 0.15) is 18.2 Å². The van der Waals surface area contributed by atoms with Crippen molar-refractivity contribution in [2.45, 2.75) is 33.9 Å². The highest BCUT2D eigenvalue weighted by atomic mass is 32.1. The number of ether oxygens (including phenoxy) is 1. The van der Waals surface area contributed by atoms with E-state index in [1.165, 1.54) is 27.5 Å². The second kappa shape index (κ2) is 6.86. The normalized spacial score (nSPS) is 10.8. The summed E-state index contributed by atoms with van der Waals surface area (Å²) in [4.78, 5) is 2.56. The minimum Gasteiger partial charge on any atom is -0.488 e. The van der Waals surface area contributed by atoms with E-state index in [2.05, 4.69) is 25.2 Å². The van der Waals surface area contributed by atoms with Gasteiger partial charge in [-0.3, -0.25) is 0 Å². The van der Waals surface area contributed by atoms with Gasteiger partial charge in [0.25, 0.3) is 0 Å². The van der Waals surface area contributed by atoms with E-state index in [-0.39, 0.29) is 5.82 Å². The van der Waals surface area contributed by atoms with E-state index in [1.807, 2.05) is 6.92 Å². The first-order valence-electron chi connectivity index (χ1n) is 6.78. The first-order valence-corrected chi connectivity index (χ1v) is 7.59. The topological polar surface area (TPSA) is 21.3 Å². The molecule has 0 saturated carbocycles. The highest BCUT2D eigenvalue weighted by Gasteiger charge is 2.07. The van der Waals surface area contributed by atoms with E-state index in [0.29, 0.717) is 12.4 Å². The van der Waals surface area contributed by atoms with Crippen LogP contribution in [0.4, 0.5) is 4.39 Å². The SMILES string of the molecule is CCNCc1cc(COc2cc(F)ccc2C)c(C)s1. The van der Waals surface area contributed by atoms with Gasteiger partial charge in [-0.2, -0.15) is 0 Å². The molecule has 0 aliphatic heterocycles. The maximum absolute atomic E-state index is 13.2. The molecule has 108 valence electrons. The summed E-state index contributed by atoms with van der Waals surface area (Å²) in [5.41, 5.74) is 2.12. The molecule has 4 heteroatoms. The monoisotopic (exact) mass is 293 g/mol. The van der Waals surface area contributed by atoms with E-state index >= 15 is 0 Å². The Balaban J connectivity index is 2.03. The smallest absolute Gasteiger partial charge is 0.126 e. The Labute approximate surface area is 123 Å². The van der Waals surface area contributed by atoms with Crippen LogP contribution >= 0.6 is 11.3 Å². The summed E-state index contributed by atoms with van der Waals surface area (Å²) < 4.78 is 19.0. The molecule has 0 bridgehead atoms. The number of benzene rings is 1. The first kappa shape index (κ1) is 15.0. The predicted octanol–water partition coefficient (Wildman–Crippen LogP) is 4.19. The van der Waals surface area contributed by atoms with Gasteiger partial charge in [0, 0.05) is 27.9 Å². The van der Waals surface area contributed by atoms with Crippen LogP contribution in [-0.4, -0.2) is 6.54 Å². The van der Waals surface area contributed by atoms with Crippen LogP contribution in [-0.2, 0) is 13.2 Å². The molecule has 1 heterocycles. The summed E-state index contributed by atoms with van der Waals surface area (Å²) in [5, 5.41) is 3.32. The number of aryl methyl sites for hydroxylation is 2. The van der Waals surface area contributed by atoms with Crippen LogP contribution in [0.1, 0.15) is 27.8 Å². The van der Waals surface area contributed by atoms with Gasteiger partial charge in [0.15, 0.2) is 0 Å². The second-order valence-electron chi connectivity index (χ2n) is 4.77. The van der Waals surface area contributed by atoms with E-state index in [1.54, 1.807) is 17.4 Å². The molecule has 0 aliphatic carbocycles. The fourth-order valence-electron chi connectivity index (χ4n) is 1.95. The largest absolute Gasteiger partial charge is 0.488 e. The van der Waals surface area contributed by atoms with Gasteiger partial charge in [0.05, 0.1) is 0 Å². The Kier molecular flexibility index (Phi) is 5.15. The zero-order valence-corrected chi connectivity index (χ0v) is 12.9. The first-order chi connectivity index (χ1) is 9.60. The number of rotatable bonds is 6. The standard InChI is InChI=1S/C16H20FNOS/c1-4-18-9-15-7-13(12(3)20-15)10-19-16-8-14(17)6-5-11(16)2/h5-8,18H,4,9-10H2,1-3H3. The molecule has 2 aromatic rings. The molecule has 1 aromatic heterocycles. The summed E-state index contributed by atoms with van der Waals surface area (Å²) in [6.45, 7) is 8.45. The third-order valence-electron chi connectivity index (χ3n) is 3.15. The maximum atomic E-state index is 13.2. The number of thiophene rings is 1. The molecular formula is C16H20FNOS. The minimum atomic E-state index is -0.263. The second-order valence-corrected chi connectivity index (χ2v) is 6.11. The molecule has 0 unspecified atom stereocenters. The van der Waals surface area contributed by atoms with Gasteiger partial charge in [-0.25, -0.2) is 4.39 Å². The summed E-state index contributed by atoms with van der Waals surface area (Å²) in [6, 6.07) is 6.79. The average molecular weight is 293 g/mol. The van der Waals surface area contributed by atoms with Crippen molar-refractivity contribution in [2.24, 2.45) is 0 Å². The number of hydrogen-bond acceptors (Lipinski definition) is 3. The Morgan fingerprint density at radius 3 is 2.80 bits per heavy atom. The van der Waals surface area contributed by atoms with Crippen molar-refractivity contribution in [1.29, 1.82) is 0 Å². The Hall–Kier alpha value is -1.39. The third kappa shape index (κ3) is 3.81. The van der Waals surface area contributed by atoms with Gasteiger partial charge in [-0.1, -0.05) is 13.0 Å². The fourth-order valence-corrected chi connectivity index (χ4v) is 2.97. The third-order valence-corrected chi connectivity index (χ3v) is 4.25. The lowest BCUT2D eigenvalue weighted by Crippen LogP contribution is -2.10. The van der Waals surface area contributed by atoms with Crippen LogP contribution in [0.3, 0.4) is 0 Å². The molecule has 0 saturated heterocycles. The zero-order valence-electron chi connectivity index (χ0n) is 12.1. The van der Waals surface area contributed by atoms with Crippen LogP contribution < -0.4 is 10.1 Å². The van der Waals surface area contributed by atoms with Crippen molar-refractivity contribution in [3.8, 4) is 5.75 Å². The van der Waals surface area contributed by atoms with Gasteiger partial charge < -0.3 is 10.1 Å². The minimum absolute atomic E-state index is 0.263. The molecule has 0 aliphatic rings. The van der Waals surface area contributed by atoms with E-state index in [4.69, 9.17) is 4.74 Å². The quantitative estimate of drug-likeness (QED) is 0.862. The van der Waals surface area contributed by atoms with E-state index in [9.17, 15) is 4.39 Å². The van der Waals surface area contributed by atoms with Crippen molar-refractivity contribution >= 4 is 11.3 Å². The molecule has 0 atom stereocenters. The van der Waals surface area contributed by atoms with Crippen LogP contribution in [0.5, 0.6) is 5.75 Å². The molecule has 0 amide bonds. The van der Waals surface area contributed by atoms with Crippen LogP contribution in [0.15, 0.2) is 24.3 Å². The molecule has 0 radical (unpaired) electrons. The predicted molar refractivity (Wildman–Crippen MR) is 81.9 cm³/mol. The lowest BCUT2D eigenvalue weighted by atomic mass is 10.2. The van der Waals surface area contributed by atoms with Crippen molar-refractivity contribution in [3.63, 3.8) is 0 Å². The highest BCUT2D eigenvalue weighted by Crippen LogP contribution is 2.25. The molecular weight excluding hydrogens is 273 g/mol. The van der Waals surface area contributed by atoms with Crippen molar-refractivity contribution in [1.82, 2.24) is 5.32 Å². The van der Waals surface area contributed by atoms with Gasteiger partial charge in [-0.05, 0) is 38.1 Å². The Morgan fingerprint density at radius 2 is 2.05 bits per heavy atom. The lowest BCUT2D eigenvalue weighted by molar-refractivity contribution is 0.302. The number of halogens is 1. The van der Waals surface area contributed by atoms with Crippen LogP contribution in [0, 0.1) is 19.7 Å². The van der Waals surface area contributed by atoms with Gasteiger partial charge >= 0.3 is 0 Å². The summed E-state index contributed by atoms with van der Waals surface area (Å²) in [6.07, 6.45) is 0. The molecule has 2 rings (SSSR count). The lowest BCUT2D eigenvalue weighted by Gasteiger charge is -2.08. The Morgan fingerprint density at radius 1 is 1.25 bits per heavy atom. The summed E-state index contributed by atoms with van der Waals surface area (Å²) in [7, 11) is 0. The van der Waals surface area contributed by atoms with Gasteiger partial charge in [-0.15, -0.1) is 11.3 Å². The average Bonchev–Trinajstić information content (AvgIpc) is 2.78. The van der Waals surface area contributed by atoms with E-state index < -0.39 is 0 Å². The fraction of sp³-hybridized carbons (Fsp3) is 0.375. The number of hydrogen-bond donors (Lipinski definition) is 1. The highest BCUT2D eigenvalue weighted by molar-refractivity contribution is 7.12. The molecule has 20 heavy (non-hydrogen) atoms. The molecule has 2 nitrogen and oxygen atoms in total. The summed E-state index contributed by atoms with van der Waals surface area (Å²) in [5.74, 6) is 0.351. The molecule has 1 aromatic carbocycles. The Bertz CT molecular complexity index is 580.